The van der Waals surface area contributed by atoms with Crippen LogP contribution in [0, 0.1) is 0 Å². The van der Waals surface area contributed by atoms with Crippen molar-refractivity contribution in [1.82, 2.24) is 0 Å². The largest absolute Gasteiger partial charge is 0.495 e. The van der Waals surface area contributed by atoms with E-state index in [0.717, 1.165) is 17.9 Å². The Hall–Kier alpha value is -1.75. The van der Waals surface area contributed by atoms with E-state index in [9.17, 15) is 4.79 Å². The third-order valence-corrected chi connectivity index (χ3v) is 3.01. The molecule has 2 atom stereocenters. The summed E-state index contributed by atoms with van der Waals surface area (Å²) >= 11 is 0. The lowest BCUT2D eigenvalue weighted by Crippen LogP contribution is -2.24. The number of para-hydroxylation sites is 2. The van der Waals surface area contributed by atoms with Gasteiger partial charge in [-0.1, -0.05) is 12.1 Å². The smallest absolute Gasteiger partial charge is 0.332 e. The van der Waals surface area contributed by atoms with E-state index in [1.165, 1.54) is 0 Å². The normalized spacial score (nSPS) is 22.7. The van der Waals surface area contributed by atoms with E-state index in [-0.39, 0.29) is 6.10 Å². The lowest BCUT2D eigenvalue weighted by molar-refractivity contribution is -0.149. The van der Waals surface area contributed by atoms with Crippen molar-refractivity contribution in [1.29, 1.82) is 0 Å². The number of carboxylic acid groups (broad SMARTS) is 1. The van der Waals surface area contributed by atoms with Gasteiger partial charge in [0, 0.05) is 6.54 Å². The molecule has 0 bridgehead atoms. The van der Waals surface area contributed by atoms with Gasteiger partial charge >= 0.3 is 5.97 Å². The van der Waals surface area contributed by atoms with Gasteiger partial charge in [-0.05, 0) is 25.0 Å². The highest BCUT2D eigenvalue weighted by atomic mass is 16.5. The van der Waals surface area contributed by atoms with Crippen LogP contribution in [0.4, 0.5) is 5.69 Å². The van der Waals surface area contributed by atoms with Crippen molar-refractivity contribution < 1.29 is 19.4 Å². The minimum absolute atomic E-state index is 0.0592. The Morgan fingerprint density at radius 2 is 2.28 bits per heavy atom. The summed E-state index contributed by atoms with van der Waals surface area (Å²) < 4.78 is 10.6. The first-order valence-corrected chi connectivity index (χ1v) is 5.96. The minimum atomic E-state index is -0.880. The Morgan fingerprint density at radius 3 is 2.94 bits per heavy atom. The fourth-order valence-corrected chi connectivity index (χ4v) is 2.05. The molecule has 0 aliphatic carbocycles. The number of rotatable bonds is 5. The predicted molar refractivity (Wildman–Crippen MR) is 67.0 cm³/mol. The van der Waals surface area contributed by atoms with Gasteiger partial charge in [0.25, 0.3) is 0 Å². The number of benzene rings is 1. The van der Waals surface area contributed by atoms with E-state index >= 15 is 0 Å². The number of methoxy groups -OCH3 is 1. The molecule has 2 rings (SSSR count). The van der Waals surface area contributed by atoms with Crippen LogP contribution in [0.3, 0.4) is 0 Å². The summed E-state index contributed by atoms with van der Waals surface area (Å²) in [6.45, 7) is 0.587. The van der Waals surface area contributed by atoms with Crippen LogP contribution in [0.15, 0.2) is 24.3 Å². The summed E-state index contributed by atoms with van der Waals surface area (Å²) in [4.78, 5) is 10.8. The molecule has 0 amide bonds. The zero-order valence-electron chi connectivity index (χ0n) is 10.3. The second kappa shape index (κ2) is 5.73. The molecule has 1 saturated heterocycles. The lowest BCUT2D eigenvalue weighted by atomic mass is 10.2. The first-order chi connectivity index (χ1) is 8.70. The van der Waals surface area contributed by atoms with Crippen LogP contribution in [0.5, 0.6) is 5.75 Å². The maximum atomic E-state index is 10.8. The molecule has 1 aliphatic heterocycles. The molecule has 18 heavy (non-hydrogen) atoms. The fraction of sp³-hybridized carbons (Fsp3) is 0.462. The average molecular weight is 251 g/mol. The Balaban J connectivity index is 1.87. The molecule has 0 saturated carbocycles. The lowest BCUT2D eigenvalue weighted by Gasteiger charge is -2.15. The fourth-order valence-electron chi connectivity index (χ4n) is 2.05. The van der Waals surface area contributed by atoms with Crippen LogP contribution >= 0.6 is 0 Å². The highest BCUT2D eigenvalue weighted by Crippen LogP contribution is 2.25. The van der Waals surface area contributed by atoms with Gasteiger partial charge in [0.1, 0.15) is 5.75 Å². The van der Waals surface area contributed by atoms with Gasteiger partial charge in [-0.2, -0.15) is 0 Å². The van der Waals surface area contributed by atoms with Gasteiger partial charge in [0.05, 0.1) is 18.9 Å². The zero-order chi connectivity index (χ0) is 13.0. The monoisotopic (exact) mass is 251 g/mol. The molecule has 98 valence electrons. The SMILES string of the molecule is COc1ccccc1NCC1CCC(C(=O)O)O1. The van der Waals surface area contributed by atoms with Crippen molar-refractivity contribution >= 4 is 11.7 Å². The molecule has 1 aliphatic rings. The topological polar surface area (TPSA) is 67.8 Å². The molecule has 5 nitrogen and oxygen atoms in total. The van der Waals surface area contributed by atoms with E-state index in [1.54, 1.807) is 7.11 Å². The van der Waals surface area contributed by atoms with Gasteiger partial charge in [-0.25, -0.2) is 4.79 Å². The maximum absolute atomic E-state index is 10.8. The molecule has 5 heteroatoms. The number of ether oxygens (including phenoxy) is 2. The van der Waals surface area contributed by atoms with E-state index in [2.05, 4.69) is 5.32 Å². The molecular formula is C13H17NO4. The number of carbonyl (C=O) groups is 1. The number of carboxylic acids is 1. The van der Waals surface area contributed by atoms with Crippen LogP contribution in [0.25, 0.3) is 0 Å². The molecule has 2 unspecified atom stereocenters. The predicted octanol–water partition coefficient (Wildman–Crippen LogP) is 1.74. The second-order valence-electron chi connectivity index (χ2n) is 4.24. The third kappa shape index (κ3) is 2.92. The van der Waals surface area contributed by atoms with Crippen molar-refractivity contribution in [2.75, 3.05) is 19.0 Å². The van der Waals surface area contributed by atoms with Crippen molar-refractivity contribution in [2.45, 2.75) is 25.0 Å². The molecule has 1 heterocycles. The molecule has 0 radical (unpaired) electrons. The van der Waals surface area contributed by atoms with Crippen molar-refractivity contribution in [3.8, 4) is 5.75 Å². The van der Waals surface area contributed by atoms with Crippen molar-refractivity contribution in [3.05, 3.63) is 24.3 Å². The Morgan fingerprint density at radius 1 is 1.50 bits per heavy atom. The third-order valence-electron chi connectivity index (χ3n) is 3.01. The number of hydrogen-bond donors (Lipinski definition) is 2. The Kier molecular flexibility index (Phi) is 4.04. The van der Waals surface area contributed by atoms with E-state index in [4.69, 9.17) is 14.6 Å². The highest BCUT2D eigenvalue weighted by molar-refractivity contribution is 5.72. The van der Waals surface area contributed by atoms with Crippen LogP contribution in [-0.2, 0) is 9.53 Å². The summed E-state index contributed by atoms with van der Waals surface area (Å²) in [5, 5.41) is 12.1. The van der Waals surface area contributed by atoms with Gasteiger partial charge < -0.3 is 19.9 Å². The number of anilines is 1. The van der Waals surface area contributed by atoms with Crippen LogP contribution in [-0.4, -0.2) is 36.9 Å². The highest BCUT2D eigenvalue weighted by Gasteiger charge is 2.30. The van der Waals surface area contributed by atoms with Crippen molar-refractivity contribution in [2.24, 2.45) is 0 Å². The van der Waals surface area contributed by atoms with Gasteiger partial charge in [-0.15, -0.1) is 0 Å². The summed E-state index contributed by atoms with van der Waals surface area (Å²) in [5.41, 5.74) is 0.891. The summed E-state index contributed by atoms with van der Waals surface area (Å²) in [7, 11) is 1.62. The van der Waals surface area contributed by atoms with E-state index < -0.39 is 12.1 Å². The molecule has 0 spiro atoms. The minimum Gasteiger partial charge on any atom is -0.495 e. The van der Waals surface area contributed by atoms with E-state index in [1.807, 2.05) is 24.3 Å². The number of aliphatic carboxylic acids is 1. The van der Waals surface area contributed by atoms with E-state index in [0.29, 0.717) is 13.0 Å². The quantitative estimate of drug-likeness (QED) is 0.834. The Labute approximate surface area is 106 Å². The molecule has 0 aromatic heterocycles. The Bertz CT molecular complexity index is 421. The number of nitrogens with one attached hydrogen (secondary N) is 1. The second-order valence-corrected chi connectivity index (χ2v) is 4.24. The zero-order valence-corrected chi connectivity index (χ0v) is 10.3. The summed E-state index contributed by atoms with van der Waals surface area (Å²) in [5.74, 6) is -0.111. The standard InChI is InChI=1S/C13H17NO4/c1-17-11-5-3-2-4-10(11)14-8-9-6-7-12(18-9)13(15)16/h2-5,9,12,14H,6-8H2,1H3,(H,15,16). The van der Waals surface area contributed by atoms with Gasteiger partial charge in [0.15, 0.2) is 6.10 Å². The van der Waals surface area contributed by atoms with Gasteiger partial charge in [-0.3, -0.25) is 0 Å². The summed E-state index contributed by atoms with van der Waals surface area (Å²) in [6, 6.07) is 7.61. The number of hydrogen-bond acceptors (Lipinski definition) is 4. The molecular weight excluding hydrogens is 234 g/mol. The molecule has 1 aromatic carbocycles. The average Bonchev–Trinajstić information content (AvgIpc) is 2.85. The maximum Gasteiger partial charge on any atom is 0.332 e. The molecule has 1 aromatic rings. The molecule has 1 fully saturated rings. The van der Waals surface area contributed by atoms with Crippen LogP contribution < -0.4 is 10.1 Å². The van der Waals surface area contributed by atoms with Gasteiger partial charge in [0.2, 0.25) is 0 Å². The van der Waals surface area contributed by atoms with Crippen molar-refractivity contribution in [3.63, 3.8) is 0 Å². The van der Waals surface area contributed by atoms with Crippen LogP contribution in [0.2, 0.25) is 0 Å². The molecule has 2 N–H and O–H groups in total. The van der Waals surface area contributed by atoms with Crippen LogP contribution in [0.1, 0.15) is 12.8 Å². The first-order valence-electron chi connectivity index (χ1n) is 5.96. The first kappa shape index (κ1) is 12.7. The summed E-state index contributed by atoms with van der Waals surface area (Å²) in [6.07, 6.45) is 0.623.